The van der Waals surface area contributed by atoms with Crippen LogP contribution in [0.15, 0.2) is 0 Å². The lowest BCUT2D eigenvalue weighted by atomic mass is 10.0. The SMILES string of the molecule is CCC(NC(=O)N[C@@H](C)CO)c1c(C)nn(C)c1C. The molecule has 0 spiro atoms. The van der Waals surface area contributed by atoms with E-state index in [1.54, 1.807) is 6.92 Å². The van der Waals surface area contributed by atoms with Gasteiger partial charge in [0.05, 0.1) is 24.4 Å². The number of carbonyl (C=O) groups excluding carboxylic acids is 1. The summed E-state index contributed by atoms with van der Waals surface area (Å²) in [4.78, 5) is 11.8. The van der Waals surface area contributed by atoms with Crippen LogP contribution in [0, 0.1) is 13.8 Å². The maximum absolute atomic E-state index is 11.8. The Kier molecular flexibility index (Phi) is 5.35. The van der Waals surface area contributed by atoms with Gasteiger partial charge in [0.25, 0.3) is 0 Å². The van der Waals surface area contributed by atoms with Gasteiger partial charge in [0, 0.05) is 18.3 Å². The summed E-state index contributed by atoms with van der Waals surface area (Å²) in [6.45, 7) is 7.64. The first-order valence-electron chi connectivity index (χ1n) is 6.58. The lowest BCUT2D eigenvalue weighted by Gasteiger charge is -2.20. The molecule has 3 N–H and O–H groups in total. The van der Waals surface area contributed by atoms with Crippen molar-refractivity contribution in [2.75, 3.05) is 6.61 Å². The highest BCUT2D eigenvalue weighted by Crippen LogP contribution is 2.23. The van der Waals surface area contributed by atoms with Gasteiger partial charge in [-0.05, 0) is 27.2 Å². The van der Waals surface area contributed by atoms with E-state index >= 15 is 0 Å². The molecule has 0 bridgehead atoms. The third-order valence-electron chi connectivity index (χ3n) is 3.28. The fourth-order valence-electron chi connectivity index (χ4n) is 2.14. The number of nitrogens with one attached hydrogen (secondary N) is 2. The maximum Gasteiger partial charge on any atom is 0.315 e. The van der Waals surface area contributed by atoms with Gasteiger partial charge in [-0.15, -0.1) is 0 Å². The summed E-state index contributed by atoms with van der Waals surface area (Å²) in [7, 11) is 1.90. The van der Waals surface area contributed by atoms with Crippen LogP contribution in [0.1, 0.15) is 43.3 Å². The third kappa shape index (κ3) is 3.70. The largest absolute Gasteiger partial charge is 0.394 e. The van der Waals surface area contributed by atoms with Crippen LogP contribution >= 0.6 is 0 Å². The molecule has 0 aliphatic heterocycles. The summed E-state index contributed by atoms with van der Waals surface area (Å²) in [6.07, 6.45) is 0.786. The Balaban J connectivity index is 2.81. The van der Waals surface area contributed by atoms with E-state index in [0.717, 1.165) is 23.4 Å². The number of aliphatic hydroxyl groups is 1. The van der Waals surface area contributed by atoms with Crippen LogP contribution in [0.25, 0.3) is 0 Å². The van der Waals surface area contributed by atoms with Gasteiger partial charge >= 0.3 is 6.03 Å². The molecule has 19 heavy (non-hydrogen) atoms. The zero-order valence-corrected chi connectivity index (χ0v) is 12.3. The Labute approximate surface area is 114 Å². The molecule has 1 unspecified atom stereocenters. The van der Waals surface area contributed by atoms with E-state index in [4.69, 9.17) is 5.11 Å². The van der Waals surface area contributed by atoms with Crippen LogP contribution < -0.4 is 10.6 Å². The first kappa shape index (κ1) is 15.5. The molecule has 0 radical (unpaired) electrons. The second-order valence-electron chi connectivity index (χ2n) is 4.87. The summed E-state index contributed by atoms with van der Waals surface area (Å²) >= 11 is 0. The number of urea groups is 1. The van der Waals surface area contributed by atoms with Gasteiger partial charge in [-0.2, -0.15) is 5.10 Å². The number of carbonyl (C=O) groups is 1. The summed E-state index contributed by atoms with van der Waals surface area (Å²) < 4.78 is 1.82. The van der Waals surface area contributed by atoms with Gasteiger partial charge in [-0.25, -0.2) is 4.79 Å². The van der Waals surface area contributed by atoms with E-state index < -0.39 is 0 Å². The fourth-order valence-corrected chi connectivity index (χ4v) is 2.14. The van der Waals surface area contributed by atoms with E-state index in [0.29, 0.717) is 0 Å². The molecule has 0 saturated carbocycles. The van der Waals surface area contributed by atoms with Crippen molar-refractivity contribution >= 4 is 6.03 Å². The Morgan fingerprint density at radius 1 is 1.42 bits per heavy atom. The van der Waals surface area contributed by atoms with Crippen molar-refractivity contribution in [3.05, 3.63) is 17.0 Å². The van der Waals surface area contributed by atoms with Crippen LogP contribution in [0.4, 0.5) is 4.79 Å². The van der Waals surface area contributed by atoms with Gasteiger partial charge in [0.1, 0.15) is 0 Å². The number of aromatic nitrogens is 2. The standard InChI is InChI=1S/C13H24N4O2/c1-6-11(15-13(19)14-8(2)7-18)12-9(3)16-17(5)10(12)4/h8,11,18H,6-7H2,1-5H3,(H2,14,15,19)/t8-,11?/m0/s1. The molecule has 0 aliphatic rings. The van der Waals surface area contributed by atoms with Crippen LogP contribution in [-0.4, -0.2) is 33.6 Å². The van der Waals surface area contributed by atoms with Crippen molar-refractivity contribution in [3.8, 4) is 0 Å². The van der Waals surface area contributed by atoms with Crippen molar-refractivity contribution in [3.63, 3.8) is 0 Å². The zero-order valence-electron chi connectivity index (χ0n) is 12.3. The van der Waals surface area contributed by atoms with Crippen molar-refractivity contribution in [1.29, 1.82) is 0 Å². The van der Waals surface area contributed by atoms with Gasteiger partial charge in [0.15, 0.2) is 0 Å². The van der Waals surface area contributed by atoms with Gasteiger partial charge in [-0.1, -0.05) is 6.92 Å². The number of nitrogens with zero attached hydrogens (tertiary/aromatic N) is 2. The Morgan fingerprint density at radius 3 is 2.47 bits per heavy atom. The lowest BCUT2D eigenvalue weighted by Crippen LogP contribution is -2.43. The van der Waals surface area contributed by atoms with E-state index in [1.807, 2.05) is 32.5 Å². The Bertz CT molecular complexity index is 442. The van der Waals surface area contributed by atoms with Gasteiger partial charge < -0.3 is 15.7 Å². The molecule has 0 fully saturated rings. The normalized spacial score (nSPS) is 14.0. The molecule has 0 saturated heterocycles. The molecule has 1 aromatic heterocycles. The monoisotopic (exact) mass is 268 g/mol. The molecular formula is C13H24N4O2. The third-order valence-corrected chi connectivity index (χ3v) is 3.28. The first-order valence-corrected chi connectivity index (χ1v) is 6.58. The van der Waals surface area contributed by atoms with Crippen LogP contribution in [0.2, 0.25) is 0 Å². The van der Waals surface area contributed by atoms with E-state index in [2.05, 4.69) is 15.7 Å². The molecule has 2 amide bonds. The second kappa shape index (κ2) is 6.56. The molecule has 0 aromatic carbocycles. The minimum atomic E-state index is -0.268. The zero-order chi connectivity index (χ0) is 14.6. The second-order valence-corrected chi connectivity index (χ2v) is 4.87. The average Bonchev–Trinajstić information content (AvgIpc) is 2.60. The topological polar surface area (TPSA) is 79.2 Å². The molecule has 1 rings (SSSR count). The molecule has 6 heteroatoms. The number of amides is 2. The highest BCUT2D eigenvalue weighted by molar-refractivity contribution is 5.74. The minimum absolute atomic E-state index is 0.0698. The van der Waals surface area contributed by atoms with Gasteiger partial charge in [0.2, 0.25) is 0 Å². The molecule has 108 valence electrons. The molecule has 1 aromatic rings. The predicted octanol–water partition coefficient (Wildman–Crippen LogP) is 1.17. The smallest absolute Gasteiger partial charge is 0.315 e. The van der Waals surface area contributed by atoms with Crippen LogP contribution in [0.5, 0.6) is 0 Å². The fraction of sp³-hybridized carbons (Fsp3) is 0.692. The number of hydrogen-bond donors (Lipinski definition) is 3. The van der Waals surface area contributed by atoms with Crippen molar-refractivity contribution in [2.24, 2.45) is 7.05 Å². The summed E-state index contributed by atoms with van der Waals surface area (Å²) in [5.74, 6) is 0. The summed E-state index contributed by atoms with van der Waals surface area (Å²) in [6, 6.07) is -0.593. The molecule has 2 atom stereocenters. The molecular weight excluding hydrogens is 244 g/mol. The Morgan fingerprint density at radius 2 is 2.05 bits per heavy atom. The number of aliphatic hydroxyl groups excluding tert-OH is 1. The van der Waals surface area contributed by atoms with E-state index in [1.165, 1.54) is 0 Å². The van der Waals surface area contributed by atoms with E-state index in [-0.39, 0.29) is 24.7 Å². The van der Waals surface area contributed by atoms with Crippen molar-refractivity contribution in [1.82, 2.24) is 20.4 Å². The average molecular weight is 268 g/mol. The first-order chi connectivity index (χ1) is 8.90. The summed E-state index contributed by atoms with van der Waals surface area (Å²) in [5.41, 5.74) is 3.05. The minimum Gasteiger partial charge on any atom is -0.394 e. The summed E-state index contributed by atoms with van der Waals surface area (Å²) in [5, 5.41) is 18.9. The molecule has 1 heterocycles. The Hall–Kier alpha value is -1.56. The number of rotatable bonds is 5. The highest BCUT2D eigenvalue weighted by atomic mass is 16.3. The van der Waals surface area contributed by atoms with Crippen LogP contribution in [0.3, 0.4) is 0 Å². The van der Waals surface area contributed by atoms with Crippen LogP contribution in [-0.2, 0) is 7.05 Å². The van der Waals surface area contributed by atoms with Gasteiger partial charge in [-0.3, -0.25) is 4.68 Å². The lowest BCUT2D eigenvalue weighted by molar-refractivity contribution is 0.217. The number of aryl methyl sites for hydroxylation is 2. The van der Waals surface area contributed by atoms with Crippen molar-refractivity contribution < 1.29 is 9.90 Å². The molecule has 0 aliphatic carbocycles. The number of hydrogen-bond acceptors (Lipinski definition) is 3. The molecule has 6 nitrogen and oxygen atoms in total. The predicted molar refractivity (Wildman–Crippen MR) is 73.9 cm³/mol. The van der Waals surface area contributed by atoms with E-state index in [9.17, 15) is 4.79 Å². The highest BCUT2D eigenvalue weighted by Gasteiger charge is 2.20. The maximum atomic E-state index is 11.8. The quantitative estimate of drug-likeness (QED) is 0.750. The van der Waals surface area contributed by atoms with Crippen molar-refractivity contribution in [2.45, 2.75) is 46.2 Å².